The average Bonchev–Trinajstić information content (AvgIpc) is 3.48. The number of hydrogen-bond donors (Lipinski definition) is 2. The zero-order valence-electron chi connectivity index (χ0n) is 17.1. The maximum absolute atomic E-state index is 12.3. The van der Waals surface area contributed by atoms with E-state index in [1.807, 2.05) is 30.3 Å². The van der Waals surface area contributed by atoms with Crippen LogP contribution in [0.15, 0.2) is 30.3 Å². The lowest BCUT2D eigenvalue weighted by Gasteiger charge is -2.42. The van der Waals surface area contributed by atoms with Crippen molar-refractivity contribution in [2.75, 3.05) is 19.8 Å². The standard InChI is InChI=1S/C21H28O9/c1-3-27-18(22)20(24)10-15(30-21(25,13-20)19(23)28-4-2)17-16(29-17)12-26-11-14-8-6-5-7-9-14/h5-9,15-17,24-25H,3-4,10-13H2,1-2H3/t15-,16-,17-,20-,21+/m0/s1. The predicted molar refractivity (Wildman–Crippen MR) is 102 cm³/mol. The molecule has 0 unspecified atom stereocenters. The molecule has 9 heteroatoms. The highest BCUT2D eigenvalue weighted by Crippen LogP contribution is 2.42. The fourth-order valence-corrected chi connectivity index (χ4v) is 3.59. The summed E-state index contributed by atoms with van der Waals surface area (Å²) in [6.07, 6.45) is -2.70. The van der Waals surface area contributed by atoms with Crippen molar-refractivity contribution in [1.82, 2.24) is 0 Å². The van der Waals surface area contributed by atoms with Crippen LogP contribution >= 0.6 is 0 Å². The fourth-order valence-electron chi connectivity index (χ4n) is 3.59. The molecule has 2 fully saturated rings. The van der Waals surface area contributed by atoms with Crippen molar-refractivity contribution in [3.8, 4) is 0 Å². The third kappa shape index (κ3) is 5.16. The second-order valence-electron chi connectivity index (χ2n) is 7.43. The molecule has 2 N–H and O–H groups in total. The zero-order valence-corrected chi connectivity index (χ0v) is 17.1. The largest absolute Gasteiger partial charge is 0.464 e. The Hall–Kier alpha value is -2.04. The minimum absolute atomic E-state index is 0.00286. The third-order valence-electron chi connectivity index (χ3n) is 5.05. The quantitative estimate of drug-likeness (QED) is 0.435. The molecule has 0 radical (unpaired) electrons. The van der Waals surface area contributed by atoms with Gasteiger partial charge in [-0.2, -0.15) is 0 Å². The van der Waals surface area contributed by atoms with Crippen LogP contribution in [-0.2, 0) is 39.9 Å². The van der Waals surface area contributed by atoms with Gasteiger partial charge in [-0.1, -0.05) is 30.3 Å². The first-order valence-electron chi connectivity index (χ1n) is 10.1. The number of esters is 2. The summed E-state index contributed by atoms with van der Waals surface area (Å²) >= 11 is 0. The predicted octanol–water partition coefficient (Wildman–Crippen LogP) is 0.695. The van der Waals surface area contributed by atoms with E-state index in [2.05, 4.69) is 0 Å². The number of carbonyl (C=O) groups excluding carboxylic acids is 2. The second kappa shape index (κ2) is 9.40. The fraction of sp³-hybridized carbons (Fsp3) is 0.619. The number of aliphatic hydroxyl groups is 2. The molecule has 1 aromatic carbocycles. The van der Waals surface area contributed by atoms with Crippen molar-refractivity contribution in [1.29, 1.82) is 0 Å². The Balaban J connectivity index is 1.64. The van der Waals surface area contributed by atoms with Crippen LogP contribution in [0, 0.1) is 0 Å². The third-order valence-corrected chi connectivity index (χ3v) is 5.05. The Morgan fingerprint density at radius 1 is 1.10 bits per heavy atom. The van der Waals surface area contributed by atoms with Gasteiger partial charge in [-0.05, 0) is 19.4 Å². The van der Waals surface area contributed by atoms with Crippen molar-refractivity contribution in [2.45, 2.75) is 63.0 Å². The van der Waals surface area contributed by atoms with Crippen LogP contribution in [0.5, 0.6) is 0 Å². The van der Waals surface area contributed by atoms with Gasteiger partial charge in [0.2, 0.25) is 0 Å². The molecule has 0 aromatic heterocycles. The molecule has 2 aliphatic rings. The zero-order chi connectivity index (χ0) is 21.8. The Morgan fingerprint density at radius 3 is 2.43 bits per heavy atom. The summed E-state index contributed by atoms with van der Waals surface area (Å²) < 4.78 is 26.6. The van der Waals surface area contributed by atoms with E-state index in [0.29, 0.717) is 6.61 Å². The van der Waals surface area contributed by atoms with E-state index < -0.39 is 42.0 Å². The Kier molecular flexibility index (Phi) is 7.10. The molecule has 3 rings (SSSR count). The van der Waals surface area contributed by atoms with Crippen molar-refractivity contribution in [2.24, 2.45) is 0 Å². The van der Waals surface area contributed by atoms with Crippen LogP contribution in [0.1, 0.15) is 32.3 Å². The van der Waals surface area contributed by atoms with Crippen LogP contribution in [-0.4, -0.2) is 71.7 Å². The summed E-state index contributed by atoms with van der Waals surface area (Å²) in [7, 11) is 0. The molecular weight excluding hydrogens is 396 g/mol. The van der Waals surface area contributed by atoms with Crippen LogP contribution < -0.4 is 0 Å². The molecule has 0 saturated carbocycles. The molecule has 2 aliphatic heterocycles. The van der Waals surface area contributed by atoms with Gasteiger partial charge in [0.15, 0.2) is 5.60 Å². The molecule has 0 bridgehead atoms. The molecular formula is C21H28O9. The molecule has 0 amide bonds. The molecule has 9 nitrogen and oxygen atoms in total. The highest BCUT2D eigenvalue weighted by atomic mass is 16.7. The van der Waals surface area contributed by atoms with E-state index in [9.17, 15) is 19.8 Å². The van der Waals surface area contributed by atoms with Gasteiger partial charge >= 0.3 is 11.9 Å². The van der Waals surface area contributed by atoms with E-state index >= 15 is 0 Å². The van der Waals surface area contributed by atoms with Gasteiger partial charge in [0.05, 0.1) is 39.0 Å². The number of rotatable bonds is 9. The summed E-state index contributed by atoms with van der Waals surface area (Å²) in [6.45, 7) is 3.87. The van der Waals surface area contributed by atoms with Gasteiger partial charge in [0.1, 0.15) is 12.2 Å². The minimum atomic E-state index is -2.48. The SMILES string of the molecule is CCOC(=O)[C@]1(O)C[C@@H]([C@@H]2O[C@H]2COCc2ccccc2)O[C@@](O)(C(=O)OCC)C1. The van der Waals surface area contributed by atoms with Gasteiger partial charge in [-0.15, -0.1) is 0 Å². The lowest BCUT2D eigenvalue weighted by molar-refractivity contribution is -0.291. The summed E-state index contributed by atoms with van der Waals surface area (Å²) in [5, 5.41) is 21.6. The molecule has 2 heterocycles. The minimum Gasteiger partial charge on any atom is -0.464 e. The molecule has 0 spiro atoms. The molecule has 2 saturated heterocycles. The first-order chi connectivity index (χ1) is 14.3. The summed E-state index contributed by atoms with van der Waals surface area (Å²) in [5.41, 5.74) is -1.10. The highest BCUT2D eigenvalue weighted by Gasteiger charge is 2.61. The summed E-state index contributed by atoms with van der Waals surface area (Å²) in [5.74, 6) is -4.49. The lowest BCUT2D eigenvalue weighted by Crippen LogP contribution is -2.61. The maximum Gasteiger partial charge on any atom is 0.366 e. The van der Waals surface area contributed by atoms with Crippen LogP contribution in [0.25, 0.3) is 0 Å². The molecule has 0 aliphatic carbocycles. The molecule has 1 aromatic rings. The average molecular weight is 424 g/mol. The second-order valence-corrected chi connectivity index (χ2v) is 7.43. The van der Waals surface area contributed by atoms with Gasteiger partial charge in [0.25, 0.3) is 5.79 Å². The first-order valence-corrected chi connectivity index (χ1v) is 10.1. The Bertz CT molecular complexity index is 707. The van der Waals surface area contributed by atoms with E-state index in [0.717, 1.165) is 5.56 Å². The van der Waals surface area contributed by atoms with Crippen LogP contribution in [0.3, 0.4) is 0 Å². The van der Waals surface area contributed by atoms with Crippen molar-refractivity contribution >= 4 is 11.9 Å². The number of benzene rings is 1. The summed E-state index contributed by atoms with van der Waals surface area (Å²) in [6, 6.07) is 9.62. The monoisotopic (exact) mass is 424 g/mol. The highest BCUT2D eigenvalue weighted by molar-refractivity contribution is 5.83. The number of carbonyl (C=O) groups is 2. The van der Waals surface area contributed by atoms with Crippen molar-refractivity contribution in [3.05, 3.63) is 35.9 Å². The van der Waals surface area contributed by atoms with Crippen LogP contribution in [0.4, 0.5) is 0 Å². The first kappa shape index (κ1) is 22.6. The van der Waals surface area contributed by atoms with Crippen LogP contribution in [0.2, 0.25) is 0 Å². The van der Waals surface area contributed by atoms with E-state index in [1.54, 1.807) is 13.8 Å². The number of ether oxygens (including phenoxy) is 5. The Labute approximate surface area is 174 Å². The van der Waals surface area contributed by atoms with Crippen molar-refractivity contribution < 1.29 is 43.5 Å². The smallest absolute Gasteiger partial charge is 0.366 e. The van der Waals surface area contributed by atoms with E-state index in [4.69, 9.17) is 23.7 Å². The summed E-state index contributed by atoms with van der Waals surface area (Å²) in [4.78, 5) is 24.6. The molecule has 166 valence electrons. The van der Waals surface area contributed by atoms with E-state index in [1.165, 1.54) is 0 Å². The number of epoxide rings is 1. The topological polar surface area (TPSA) is 124 Å². The van der Waals surface area contributed by atoms with Gasteiger partial charge < -0.3 is 33.9 Å². The van der Waals surface area contributed by atoms with Gasteiger partial charge in [0, 0.05) is 6.42 Å². The number of hydrogen-bond acceptors (Lipinski definition) is 9. The molecule has 30 heavy (non-hydrogen) atoms. The molecule has 5 atom stereocenters. The van der Waals surface area contributed by atoms with E-state index in [-0.39, 0.29) is 32.3 Å². The lowest BCUT2D eigenvalue weighted by atomic mass is 9.83. The Morgan fingerprint density at radius 2 is 1.77 bits per heavy atom. The van der Waals surface area contributed by atoms with Crippen molar-refractivity contribution in [3.63, 3.8) is 0 Å². The van der Waals surface area contributed by atoms with Gasteiger partial charge in [-0.3, -0.25) is 0 Å². The van der Waals surface area contributed by atoms with Gasteiger partial charge in [-0.25, -0.2) is 9.59 Å². The maximum atomic E-state index is 12.3. The normalized spacial score (nSPS) is 33.0.